The quantitative estimate of drug-likeness (QED) is 0.715. The van der Waals surface area contributed by atoms with Crippen LogP contribution < -0.4 is 4.74 Å². The van der Waals surface area contributed by atoms with Gasteiger partial charge in [0.25, 0.3) is 0 Å². The molecular weight excluding hydrogens is 179 g/mol. The maximum atomic E-state index is 13.3. The Labute approximate surface area is 83.9 Å². The van der Waals surface area contributed by atoms with Crippen LogP contribution in [0, 0.1) is 11.7 Å². The summed E-state index contributed by atoms with van der Waals surface area (Å²) < 4.78 is 18.7. The van der Waals surface area contributed by atoms with Gasteiger partial charge in [-0.25, -0.2) is 4.39 Å². The Bertz CT molecular complexity index is 318. The molecule has 1 aromatic rings. The molecule has 0 aliphatic heterocycles. The average molecular weight is 194 g/mol. The first kappa shape index (κ1) is 9.50. The molecule has 2 rings (SSSR count). The largest absolute Gasteiger partial charge is 0.490 e. The van der Waals surface area contributed by atoms with E-state index in [1.54, 1.807) is 12.1 Å². The van der Waals surface area contributed by atoms with E-state index in [1.165, 1.54) is 18.9 Å². The lowest BCUT2D eigenvalue weighted by molar-refractivity contribution is 0.285. The van der Waals surface area contributed by atoms with E-state index in [0.29, 0.717) is 18.3 Å². The van der Waals surface area contributed by atoms with Gasteiger partial charge in [0.15, 0.2) is 11.6 Å². The number of rotatable bonds is 4. The Morgan fingerprint density at radius 1 is 1.43 bits per heavy atom. The van der Waals surface area contributed by atoms with Crippen molar-refractivity contribution in [1.29, 1.82) is 0 Å². The zero-order valence-corrected chi connectivity index (χ0v) is 8.42. The van der Waals surface area contributed by atoms with Gasteiger partial charge in [0.05, 0.1) is 6.61 Å². The van der Waals surface area contributed by atoms with E-state index in [0.717, 1.165) is 12.0 Å². The maximum absolute atomic E-state index is 13.3. The van der Waals surface area contributed by atoms with Gasteiger partial charge < -0.3 is 4.74 Å². The van der Waals surface area contributed by atoms with Gasteiger partial charge >= 0.3 is 0 Å². The minimum absolute atomic E-state index is 0.247. The lowest BCUT2D eigenvalue weighted by atomic mass is 10.1. The summed E-state index contributed by atoms with van der Waals surface area (Å²) in [6.45, 7) is 2.72. The highest BCUT2D eigenvalue weighted by Gasteiger charge is 2.22. The second-order valence-electron chi connectivity index (χ2n) is 3.87. The first-order chi connectivity index (χ1) is 6.79. The van der Waals surface area contributed by atoms with E-state index in [1.807, 2.05) is 0 Å². The van der Waals surface area contributed by atoms with Crippen molar-refractivity contribution in [2.45, 2.75) is 26.2 Å². The van der Waals surface area contributed by atoms with Crippen LogP contribution in [0.3, 0.4) is 0 Å². The minimum atomic E-state index is -0.247. The number of hydrogen-bond donors (Lipinski definition) is 0. The monoisotopic (exact) mass is 194 g/mol. The fraction of sp³-hybridized carbons (Fsp3) is 0.500. The summed E-state index contributed by atoms with van der Waals surface area (Å²) in [6.07, 6.45) is 3.38. The molecule has 76 valence electrons. The first-order valence-electron chi connectivity index (χ1n) is 5.21. The molecule has 0 amide bonds. The van der Waals surface area contributed by atoms with Crippen LogP contribution in [0.1, 0.15) is 25.3 Å². The van der Waals surface area contributed by atoms with Gasteiger partial charge in [-0.05, 0) is 42.9 Å². The Morgan fingerprint density at radius 3 is 2.86 bits per heavy atom. The molecule has 0 unspecified atom stereocenters. The van der Waals surface area contributed by atoms with Gasteiger partial charge in [0.2, 0.25) is 0 Å². The third-order valence-corrected chi connectivity index (χ3v) is 2.58. The molecule has 1 fully saturated rings. The zero-order valence-electron chi connectivity index (χ0n) is 8.42. The molecule has 0 heterocycles. The summed E-state index contributed by atoms with van der Waals surface area (Å²) in [5.41, 5.74) is 1.12. The molecule has 0 atom stereocenters. The molecular formula is C12H15FO. The van der Waals surface area contributed by atoms with Crippen LogP contribution in [0.4, 0.5) is 4.39 Å². The van der Waals surface area contributed by atoms with Crippen LogP contribution in [0.5, 0.6) is 5.75 Å². The Kier molecular flexibility index (Phi) is 2.71. The topological polar surface area (TPSA) is 9.23 Å². The third kappa shape index (κ3) is 2.25. The van der Waals surface area contributed by atoms with E-state index in [-0.39, 0.29) is 5.82 Å². The van der Waals surface area contributed by atoms with Crippen molar-refractivity contribution in [3.8, 4) is 5.75 Å². The SMILES string of the molecule is CCc1ccc(F)c(OCC2CC2)c1. The van der Waals surface area contributed by atoms with Gasteiger partial charge in [0.1, 0.15) is 0 Å². The molecule has 0 spiro atoms. The fourth-order valence-corrected chi connectivity index (χ4v) is 1.37. The highest BCUT2D eigenvalue weighted by atomic mass is 19.1. The van der Waals surface area contributed by atoms with Crippen LogP contribution in [0.15, 0.2) is 18.2 Å². The van der Waals surface area contributed by atoms with Crippen molar-refractivity contribution in [3.63, 3.8) is 0 Å². The molecule has 1 aromatic carbocycles. The normalized spacial score (nSPS) is 15.6. The molecule has 0 aromatic heterocycles. The number of aryl methyl sites for hydroxylation is 1. The van der Waals surface area contributed by atoms with Crippen molar-refractivity contribution < 1.29 is 9.13 Å². The number of benzene rings is 1. The van der Waals surface area contributed by atoms with Crippen molar-refractivity contribution in [3.05, 3.63) is 29.6 Å². The molecule has 2 heteroatoms. The van der Waals surface area contributed by atoms with Crippen molar-refractivity contribution in [2.24, 2.45) is 5.92 Å². The Morgan fingerprint density at radius 2 is 2.21 bits per heavy atom. The predicted octanol–water partition coefficient (Wildman–Crippen LogP) is 3.18. The predicted molar refractivity (Wildman–Crippen MR) is 54.0 cm³/mol. The molecule has 1 saturated carbocycles. The van der Waals surface area contributed by atoms with Gasteiger partial charge in [-0.15, -0.1) is 0 Å². The van der Waals surface area contributed by atoms with Crippen LogP contribution in [0.2, 0.25) is 0 Å². The van der Waals surface area contributed by atoms with E-state index >= 15 is 0 Å². The van der Waals surface area contributed by atoms with Crippen LogP contribution in [-0.4, -0.2) is 6.61 Å². The third-order valence-electron chi connectivity index (χ3n) is 2.58. The average Bonchev–Trinajstić information content (AvgIpc) is 3.00. The van der Waals surface area contributed by atoms with Crippen molar-refractivity contribution in [2.75, 3.05) is 6.61 Å². The first-order valence-corrected chi connectivity index (χ1v) is 5.21. The van der Waals surface area contributed by atoms with Crippen LogP contribution >= 0.6 is 0 Å². The van der Waals surface area contributed by atoms with E-state index in [9.17, 15) is 4.39 Å². The molecule has 0 saturated heterocycles. The second-order valence-corrected chi connectivity index (χ2v) is 3.87. The molecule has 14 heavy (non-hydrogen) atoms. The summed E-state index contributed by atoms with van der Waals surface area (Å²) in [5, 5.41) is 0. The number of halogens is 1. The van der Waals surface area contributed by atoms with Crippen LogP contribution in [0.25, 0.3) is 0 Å². The summed E-state index contributed by atoms with van der Waals surface area (Å²) in [7, 11) is 0. The fourth-order valence-electron chi connectivity index (χ4n) is 1.37. The standard InChI is InChI=1S/C12H15FO/c1-2-9-5-6-11(13)12(7-9)14-8-10-3-4-10/h5-7,10H,2-4,8H2,1H3. The molecule has 1 aliphatic carbocycles. The smallest absolute Gasteiger partial charge is 0.165 e. The second kappa shape index (κ2) is 3.99. The van der Waals surface area contributed by atoms with Gasteiger partial charge in [-0.2, -0.15) is 0 Å². The van der Waals surface area contributed by atoms with Gasteiger partial charge in [-0.3, -0.25) is 0 Å². The molecule has 0 bridgehead atoms. The zero-order chi connectivity index (χ0) is 9.97. The van der Waals surface area contributed by atoms with E-state index in [2.05, 4.69) is 6.92 Å². The molecule has 0 radical (unpaired) electrons. The summed E-state index contributed by atoms with van der Waals surface area (Å²) in [4.78, 5) is 0. The maximum Gasteiger partial charge on any atom is 0.165 e. The lowest BCUT2D eigenvalue weighted by Gasteiger charge is -2.07. The summed E-state index contributed by atoms with van der Waals surface area (Å²) in [5.74, 6) is 0.832. The summed E-state index contributed by atoms with van der Waals surface area (Å²) >= 11 is 0. The van der Waals surface area contributed by atoms with Crippen LogP contribution in [-0.2, 0) is 6.42 Å². The highest BCUT2D eigenvalue weighted by Crippen LogP contribution is 2.30. The number of hydrogen-bond acceptors (Lipinski definition) is 1. The van der Waals surface area contributed by atoms with Crippen molar-refractivity contribution in [1.82, 2.24) is 0 Å². The van der Waals surface area contributed by atoms with E-state index < -0.39 is 0 Å². The molecule has 0 N–H and O–H groups in total. The van der Waals surface area contributed by atoms with Crippen molar-refractivity contribution >= 4 is 0 Å². The van der Waals surface area contributed by atoms with Gasteiger partial charge in [0, 0.05) is 0 Å². The Balaban J connectivity index is 2.04. The minimum Gasteiger partial charge on any atom is -0.490 e. The molecule has 1 nitrogen and oxygen atoms in total. The van der Waals surface area contributed by atoms with E-state index in [4.69, 9.17) is 4.74 Å². The highest BCUT2D eigenvalue weighted by molar-refractivity contribution is 5.30. The number of ether oxygens (including phenoxy) is 1. The summed E-state index contributed by atoms with van der Waals surface area (Å²) in [6, 6.07) is 5.10. The molecule has 1 aliphatic rings. The lowest BCUT2D eigenvalue weighted by Crippen LogP contribution is -2.01. The Hall–Kier alpha value is -1.05. The van der Waals surface area contributed by atoms with Gasteiger partial charge in [-0.1, -0.05) is 13.0 Å².